The summed E-state index contributed by atoms with van der Waals surface area (Å²) in [6.07, 6.45) is 3.23. The first kappa shape index (κ1) is 17.4. The maximum absolute atomic E-state index is 12.6. The third kappa shape index (κ3) is 3.90. The Morgan fingerprint density at radius 3 is 2.59 bits per heavy atom. The number of carbonyl (C=O) groups is 1. The van der Waals surface area contributed by atoms with Gasteiger partial charge in [0.2, 0.25) is 5.91 Å². The Kier molecular flexibility index (Phi) is 4.97. The van der Waals surface area contributed by atoms with Crippen LogP contribution in [0.4, 0.5) is 5.82 Å². The normalized spacial score (nSPS) is 14.4. The molecule has 0 atom stereocenters. The van der Waals surface area contributed by atoms with E-state index in [9.17, 15) is 9.59 Å². The zero-order valence-electron chi connectivity index (χ0n) is 14.7. The Balaban J connectivity index is 1.38. The van der Waals surface area contributed by atoms with E-state index in [1.165, 1.54) is 28.3 Å². The first-order valence-electron chi connectivity index (χ1n) is 8.75. The summed E-state index contributed by atoms with van der Waals surface area (Å²) in [6.45, 7) is 2.70. The summed E-state index contributed by atoms with van der Waals surface area (Å²) in [5.41, 5.74) is 0.427. The summed E-state index contributed by atoms with van der Waals surface area (Å²) in [5, 5.41) is 1.94. The molecule has 7 nitrogen and oxygen atoms in total. The second kappa shape index (κ2) is 7.71. The number of aromatic nitrogens is 3. The van der Waals surface area contributed by atoms with Crippen LogP contribution in [0, 0.1) is 0 Å². The number of carbonyl (C=O) groups excluding carboxylic acids is 1. The van der Waals surface area contributed by atoms with E-state index in [0.29, 0.717) is 18.8 Å². The van der Waals surface area contributed by atoms with Crippen molar-refractivity contribution in [2.24, 2.45) is 0 Å². The van der Waals surface area contributed by atoms with Crippen LogP contribution in [0.2, 0.25) is 0 Å². The smallest absolute Gasteiger partial charge is 0.254 e. The van der Waals surface area contributed by atoms with Crippen LogP contribution in [0.15, 0.2) is 59.1 Å². The molecule has 1 amide bonds. The first-order valence-corrected chi connectivity index (χ1v) is 9.63. The number of pyridine rings is 1. The number of thiophene rings is 1. The monoisotopic (exact) mass is 381 g/mol. The van der Waals surface area contributed by atoms with Crippen molar-refractivity contribution in [3.8, 4) is 10.6 Å². The highest BCUT2D eigenvalue weighted by molar-refractivity contribution is 7.13. The zero-order chi connectivity index (χ0) is 18.6. The molecule has 0 saturated carbocycles. The number of rotatable bonds is 4. The van der Waals surface area contributed by atoms with Gasteiger partial charge < -0.3 is 9.80 Å². The molecule has 1 aliphatic heterocycles. The van der Waals surface area contributed by atoms with Crippen LogP contribution >= 0.6 is 11.3 Å². The summed E-state index contributed by atoms with van der Waals surface area (Å²) >= 11 is 1.53. The number of amides is 1. The van der Waals surface area contributed by atoms with Gasteiger partial charge >= 0.3 is 0 Å². The summed E-state index contributed by atoms with van der Waals surface area (Å²) in [6, 6.07) is 11.1. The van der Waals surface area contributed by atoms with E-state index in [1.54, 1.807) is 11.1 Å². The number of hydrogen-bond donors (Lipinski definition) is 0. The number of anilines is 1. The third-order valence-electron chi connectivity index (χ3n) is 4.56. The van der Waals surface area contributed by atoms with E-state index in [1.807, 2.05) is 35.7 Å². The number of piperazine rings is 1. The average Bonchev–Trinajstić information content (AvgIpc) is 3.25. The summed E-state index contributed by atoms with van der Waals surface area (Å²) in [7, 11) is 0. The highest BCUT2D eigenvalue weighted by atomic mass is 32.1. The molecular weight excluding hydrogens is 362 g/mol. The van der Waals surface area contributed by atoms with Gasteiger partial charge in [0, 0.05) is 38.4 Å². The topological polar surface area (TPSA) is 71.3 Å². The van der Waals surface area contributed by atoms with Crippen molar-refractivity contribution >= 4 is 23.1 Å². The molecule has 4 rings (SSSR count). The Hall–Kier alpha value is -3.00. The van der Waals surface area contributed by atoms with Gasteiger partial charge in [-0.15, -0.1) is 11.3 Å². The van der Waals surface area contributed by atoms with Gasteiger partial charge in [0.25, 0.3) is 5.56 Å². The standard InChI is InChI=1S/C19H19N5O2S/c25-18-12-15(16-4-3-11-27-16)21-14-24(18)13-19(26)23-9-7-22(8-10-23)17-5-1-2-6-20-17/h1-6,11-12,14H,7-10,13H2. The van der Waals surface area contributed by atoms with Crippen LogP contribution in [0.5, 0.6) is 0 Å². The van der Waals surface area contributed by atoms with E-state index < -0.39 is 0 Å². The van der Waals surface area contributed by atoms with Crippen LogP contribution in [0.3, 0.4) is 0 Å². The van der Waals surface area contributed by atoms with Crippen molar-refractivity contribution in [3.63, 3.8) is 0 Å². The van der Waals surface area contributed by atoms with Crippen molar-refractivity contribution in [3.05, 3.63) is 64.7 Å². The number of nitrogens with zero attached hydrogens (tertiary/aromatic N) is 5. The largest absolute Gasteiger partial charge is 0.353 e. The molecule has 0 spiro atoms. The Labute approximate surface area is 160 Å². The molecule has 138 valence electrons. The van der Waals surface area contributed by atoms with E-state index >= 15 is 0 Å². The number of hydrogen-bond acceptors (Lipinski definition) is 6. The molecule has 0 aromatic carbocycles. The van der Waals surface area contributed by atoms with E-state index in [4.69, 9.17) is 0 Å². The molecule has 0 unspecified atom stereocenters. The minimum absolute atomic E-state index is 0.0140. The first-order chi connectivity index (χ1) is 13.2. The molecule has 1 saturated heterocycles. The van der Waals surface area contributed by atoms with Crippen LogP contribution in [0.1, 0.15) is 0 Å². The lowest BCUT2D eigenvalue weighted by molar-refractivity contribution is -0.132. The minimum atomic E-state index is -0.214. The quantitative estimate of drug-likeness (QED) is 0.688. The molecule has 1 aliphatic rings. The molecule has 8 heteroatoms. The maximum Gasteiger partial charge on any atom is 0.254 e. The molecule has 4 heterocycles. The molecule has 3 aromatic heterocycles. The van der Waals surface area contributed by atoms with Crippen LogP contribution in [0.25, 0.3) is 10.6 Å². The fourth-order valence-corrected chi connectivity index (χ4v) is 3.77. The molecule has 0 N–H and O–H groups in total. The molecule has 3 aromatic rings. The van der Waals surface area contributed by atoms with Gasteiger partial charge in [0.05, 0.1) is 16.9 Å². The molecular formula is C19H19N5O2S. The fourth-order valence-electron chi connectivity index (χ4n) is 3.08. The van der Waals surface area contributed by atoms with Crippen molar-refractivity contribution in [2.45, 2.75) is 6.54 Å². The van der Waals surface area contributed by atoms with Crippen LogP contribution in [-0.2, 0) is 11.3 Å². The lowest BCUT2D eigenvalue weighted by Gasteiger charge is -2.35. The predicted octanol–water partition coefficient (Wildman–Crippen LogP) is 1.72. The highest BCUT2D eigenvalue weighted by Gasteiger charge is 2.22. The minimum Gasteiger partial charge on any atom is -0.353 e. The third-order valence-corrected chi connectivity index (χ3v) is 5.46. The van der Waals surface area contributed by atoms with Gasteiger partial charge in [-0.25, -0.2) is 9.97 Å². The SMILES string of the molecule is O=C(Cn1cnc(-c2cccs2)cc1=O)N1CCN(c2ccccn2)CC1. The van der Waals surface area contributed by atoms with Gasteiger partial charge in [-0.3, -0.25) is 14.2 Å². The van der Waals surface area contributed by atoms with Gasteiger partial charge in [0.1, 0.15) is 12.4 Å². The van der Waals surface area contributed by atoms with Gasteiger partial charge in [-0.1, -0.05) is 12.1 Å². The average molecular weight is 381 g/mol. The Bertz CT molecular complexity index is 963. The van der Waals surface area contributed by atoms with Crippen LogP contribution in [-0.4, -0.2) is 51.5 Å². The second-order valence-electron chi connectivity index (χ2n) is 6.27. The fraction of sp³-hybridized carbons (Fsp3) is 0.263. The van der Waals surface area contributed by atoms with Crippen molar-refractivity contribution < 1.29 is 4.79 Å². The summed E-state index contributed by atoms with van der Waals surface area (Å²) in [5.74, 6) is 0.859. The van der Waals surface area contributed by atoms with Gasteiger partial charge in [0.15, 0.2) is 0 Å². The van der Waals surface area contributed by atoms with Crippen molar-refractivity contribution in [1.82, 2.24) is 19.4 Å². The van der Waals surface area contributed by atoms with Gasteiger partial charge in [-0.2, -0.15) is 0 Å². The predicted molar refractivity (Wildman–Crippen MR) is 105 cm³/mol. The summed E-state index contributed by atoms with van der Waals surface area (Å²) in [4.78, 5) is 38.5. The molecule has 0 radical (unpaired) electrons. The van der Waals surface area contributed by atoms with E-state index in [2.05, 4.69) is 14.9 Å². The Morgan fingerprint density at radius 2 is 1.93 bits per heavy atom. The lowest BCUT2D eigenvalue weighted by Crippen LogP contribution is -2.50. The van der Waals surface area contributed by atoms with Crippen molar-refractivity contribution in [2.75, 3.05) is 31.1 Å². The lowest BCUT2D eigenvalue weighted by atomic mass is 10.3. The van der Waals surface area contributed by atoms with E-state index in [0.717, 1.165) is 23.8 Å². The van der Waals surface area contributed by atoms with Crippen LogP contribution < -0.4 is 10.5 Å². The van der Waals surface area contributed by atoms with Gasteiger partial charge in [-0.05, 0) is 23.6 Å². The second-order valence-corrected chi connectivity index (χ2v) is 7.22. The van der Waals surface area contributed by atoms with E-state index in [-0.39, 0.29) is 18.0 Å². The van der Waals surface area contributed by atoms with Crippen molar-refractivity contribution in [1.29, 1.82) is 0 Å². The zero-order valence-corrected chi connectivity index (χ0v) is 15.5. The molecule has 0 aliphatic carbocycles. The maximum atomic E-state index is 12.6. The highest BCUT2D eigenvalue weighted by Crippen LogP contribution is 2.20. The molecule has 1 fully saturated rings. The summed E-state index contributed by atoms with van der Waals surface area (Å²) < 4.78 is 1.37. The molecule has 27 heavy (non-hydrogen) atoms. The Morgan fingerprint density at radius 1 is 1.07 bits per heavy atom. The molecule has 0 bridgehead atoms.